The zero-order valence-corrected chi connectivity index (χ0v) is 8.71. The summed E-state index contributed by atoms with van der Waals surface area (Å²) in [5, 5.41) is 9.82. The van der Waals surface area contributed by atoms with E-state index in [2.05, 4.69) is 11.8 Å². The fourth-order valence-corrected chi connectivity index (χ4v) is 1.42. The molecule has 0 amide bonds. The molecular formula is C12H16O2. The van der Waals surface area contributed by atoms with Gasteiger partial charge in [0.2, 0.25) is 0 Å². The van der Waals surface area contributed by atoms with E-state index in [4.69, 9.17) is 4.42 Å². The normalized spacial score (nSPS) is 11.9. The summed E-state index contributed by atoms with van der Waals surface area (Å²) in [6.45, 7) is 3.82. The average molecular weight is 192 g/mol. The van der Waals surface area contributed by atoms with E-state index in [1.807, 2.05) is 19.9 Å². The number of aliphatic hydroxyl groups is 1. The van der Waals surface area contributed by atoms with Crippen molar-refractivity contribution >= 4 is 0 Å². The molecule has 0 aliphatic carbocycles. The summed E-state index contributed by atoms with van der Waals surface area (Å²) >= 11 is 0. The van der Waals surface area contributed by atoms with Crippen LogP contribution in [0, 0.1) is 11.8 Å². The molecule has 0 saturated carbocycles. The van der Waals surface area contributed by atoms with Crippen LogP contribution in [0.25, 0.3) is 0 Å². The molecule has 0 aliphatic rings. The molecule has 1 unspecified atom stereocenters. The van der Waals surface area contributed by atoms with Gasteiger partial charge in [0.25, 0.3) is 0 Å². The number of hydrogen-bond donors (Lipinski definition) is 1. The Labute approximate surface area is 84.9 Å². The van der Waals surface area contributed by atoms with Gasteiger partial charge in [0, 0.05) is 18.4 Å². The fraction of sp³-hybridized carbons (Fsp3) is 0.500. The smallest absolute Gasteiger partial charge is 0.109 e. The van der Waals surface area contributed by atoms with E-state index in [1.165, 1.54) is 0 Å². The monoisotopic (exact) mass is 192 g/mol. The number of rotatable bonds is 4. The maximum atomic E-state index is 9.82. The highest BCUT2D eigenvalue weighted by Gasteiger charge is 2.12. The van der Waals surface area contributed by atoms with Crippen LogP contribution in [-0.2, 0) is 6.42 Å². The number of aryl methyl sites for hydroxylation is 1. The predicted octanol–water partition coefficient (Wildman–Crippen LogP) is 2.68. The second kappa shape index (κ2) is 5.51. The number of furan rings is 1. The predicted molar refractivity (Wildman–Crippen MR) is 55.7 cm³/mol. The van der Waals surface area contributed by atoms with Crippen molar-refractivity contribution in [3.63, 3.8) is 0 Å². The third-order valence-electron chi connectivity index (χ3n) is 2.18. The molecule has 0 bridgehead atoms. The first-order chi connectivity index (χ1) is 6.79. The van der Waals surface area contributed by atoms with E-state index in [0.717, 1.165) is 24.2 Å². The summed E-state index contributed by atoms with van der Waals surface area (Å²) in [4.78, 5) is 0. The van der Waals surface area contributed by atoms with Gasteiger partial charge in [-0.15, -0.1) is 11.8 Å². The summed E-state index contributed by atoms with van der Waals surface area (Å²) in [5.74, 6) is 6.63. The van der Waals surface area contributed by atoms with Gasteiger partial charge < -0.3 is 9.52 Å². The van der Waals surface area contributed by atoms with Crippen molar-refractivity contribution in [2.75, 3.05) is 0 Å². The van der Waals surface area contributed by atoms with E-state index in [-0.39, 0.29) is 0 Å². The molecule has 0 spiro atoms. The van der Waals surface area contributed by atoms with E-state index in [1.54, 1.807) is 6.26 Å². The molecule has 2 heteroatoms. The van der Waals surface area contributed by atoms with Crippen molar-refractivity contribution in [1.29, 1.82) is 0 Å². The molecule has 0 fully saturated rings. The minimum atomic E-state index is -0.440. The second-order valence-corrected chi connectivity index (χ2v) is 3.13. The number of hydrogen-bond acceptors (Lipinski definition) is 2. The largest absolute Gasteiger partial charge is 0.469 e. The Balaban J connectivity index is 2.58. The van der Waals surface area contributed by atoms with Crippen LogP contribution >= 0.6 is 0 Å². The van der Waals surface area contributed by atoms with Crippen LogP contribution in [0.2, 0.25) is 0 Å². The van der Waals surface area contributed by atoms with E-state index in [0.29, 0.717) is 6.42 Å². The molecule has 76 valence electrons. The van der Waals surface area contributed by atoms with Crippen molar-refractivity contribution in [3.05, 3.63) is 23.7 Å². The lowest BCUT2D eigenvalue weighted by atomic mass is 10.0. The lowest BCUT2D eigenvalue weighted by Gasteiger charge is -2.07. The molecule has 0 saturated heterocycles. The van der Waals surface area contributed by atoms with Gasteiger partial charge in [-0.1, -0.05) is 6.92 Å². The van der Waals surface area contributed by atoms with Crippen LogP contribution in [0.4, 0.5) is 0 Å². The summed E-state index contributed by atoms with van der Waals surface area (Å²) in [6, 6.07) is 1.84. The first-order valence-corrected chi connectivity index (χ1v) is 4.93. The van der Waals surface area contributed by atoms with Gasteiger partial charge in [-0.3, -0.25) is 0 Å². The van der Waals surface area contributed by atoms with Crippen molar-refractivity contribution in [2.24, 2.45) is 0 Å². The van der Waals surface area contributed by atoms with Crippen LogP contribution in [0.1, 0.15) is 44.1 Å². The molecule has 1 N–H and O–H groups in total. The zero-order chi connectivity index (χ0) is 10.4. The quantitative estimate of drug-likeness (QED) is 0.744. The molecular weight excluding hydrogens is 176 g/mol. The Morgan fingerprint density at radius 1 is 1.57 bits per heavy atom. The Hall–Kier alpha value is -1.20. The molecule has 14 heavy (non-hydrogen) atoms. The SMILES string of the molecule is CC#CCCC(O)c1ccoc1CC. The van der Waals surface area contributed by atoms with Crippen molar-refractivity contribution in [1.82, 2.24) is 0 Å². The molecule has 0 aromatic carbocycles. The Bertz CT molecular complexity index is 328. The Kier molecular flexibility index (Phi) is 4.28. The maximum Gasteiger partial charge on any atom is 0.109 e. The van der Waals surface area contributed by atoms with Crippen LogP contribution in [-0.4, -0.2) is 5.11 Å². The van der Waals surface area contributed by atoms with Crippen LogP contribution < -0.4 is 0 Å². The van der Waals surface area contributed by atoms with Gasteiger partial charge in [-0.05, 0) is 19.4 Å². The van der Waals surface area contributed by atoms with E-state index >= 15 is 0 Å². The molecule has 1 aromatic rings. The van der Waals surface area contributed by atoms with Gasteiger partial charge in [-0.2, -0.15) is 0 Å². The highest BCUT2D eigenvalue weighted by atomic mass is 16.3. The minimum Gasteiger partial charge on any atom is -0.469 e. The molecule has 1 heterocycles. The lowest BCUT2D eigenvalue weighted by Crippen LogP contribution is -1.98. The highest BCUT2D eigenvalue weighted by Crippen LogP contribution is 2.23. The van der Waals surface area contributed by atoms with Gasteiger partial charge in [0.05, 0.1) is 12.4 Å². The van der Waals surface area contributed by atoms with Gasteiger partial charge in [0.1, 0.15) is 5.76 Å². The standard InChI is InChI=1S/C12H16O2/c1-3-5-6-7-11(13)10-8-9-14-12(10)4-2/h8-9,11,13H,4,6-7H2,1-2H3. The maximum absolute atomic E-state index is 9.82. The van der Waals surface area contributed by atoms with E-state index in [9.17, 15) is 5.11 Å². The third-order valence-corrected chi connectivity index (χ3v) is 2.18. The molecule has 2 nitrogen and oxygen atoms in total. The molecule has 1 aromatic heterocycles. The first kappa shape index (κ1) is 10.9. The molecule has 1 rings (SSSR count). The lowest BCUT2D eigenvalue weighted by molar-refractivity contribution is 0.167. The highest BCUT2D eigenvalue weighted by molar-refractivity contribution is 5.20. The average Bonchev–Trinajstić information content (AvgIpc) is 2.65. The van der Waals surface area contributed by atoms with Gasteiger partial charge in [0.15, 0.2) is 0 Å². The fourth-order valence-electron chi connectivity index (χ4n) is 1.42. The van der Waals surface area contributed by atoms with Crippen molar-refractivity contribution < 1.29 is 9.52 Å². The second-order valence-electron chi connectivity index (χ2n) is 3.13. The van der Waals surface area contributed by atoms with Crippen molar-refractivity contribution in [2.45, 2.75) is 39.2 Å². The van der Waals surface area contributed by atoms with Gasteiger partial charge >= 0.3 is 0 Å². The molecule has 0 radical (unpaired) electrons. The molecule has 0 aliphatic heterocycles. The van der Waals surface area contributed by atoms with E-state index < -0.39 is 6.10 Å². The van der Waals surface area contributed by atoms with Crippen molar-refractivity contribution in [3.8, 4) is 11.8 Å². The zero-order valence-electron chi connectivity index (χ0n) is 8.71. The van der Waals surface area contributed by atoms with Gasteiger partial charge in [-0.25, -0.2) is 0 Å². The summed E-state index contributed by atoms with van der Waals surface area (Å²) in [6.07, 6.45) is 3.41. The molecule has 1 atom stereocenters. The third kappa shape index (κ3) is 2.65. The van der Waals surface area contributed by atoms with Crippen LogP contribution in [0.15, 0.2) is 16.7 Å². The number of aliphatic hydroxyl groups excluding tert-OH is 1. The topological polar surface area (TPSA) is 33.4 Å². The Morgan fingerprint density at radius 2 is 2.36 bits per heavy atom. The Morgan fingerprint density at radius 3 is 3.00 bits per heavy atom. The summed E-state index contributed by atoms with van der Waals surface area (Å²) in [5.41, 5.74) is 0.908. The van der Waals surface area contributed by atoms with Crippen LogP contribution in [0.5, 0.6) is 0 Å². The van der Waals surface area contributed by atoms with Crippen LogP contribution in [0.3, 0.4) is 0 Å². The summed E-state index contributed by atoms with van der Waals surface area (Å²) < 4.78 is 5.25. The minimum absolute atomic E-state index is 0.440. The first-order valence-electron chi connectivity index (χ1n) is 4.93. The summed E-state index contributed by atoms with van der Waals surface area (Å²) in [7, 11) is 0.